The predicted octanol–water partition coefficient (Wildman–Crippen LogP) is 2.47. The summed E-state index contributed by atoms with van der Waals surface area (Å²) < 4.78 is 26.3. The van der Waals surface area contributed by atoms with Gasteiger partial charge in [0, 0.05) is 24.4 Å². The van der Waals surface area contributed by atoms with Crippen molar-refractivity contribution in [3.8, 4) is 0 Å². The standard InChI is InChI=1S/C14H17F2NO/c1-14(5-2-6-17-9-14)13(18)7-10-3-4-11(15)8-12(10)16/h3-4,8,17H,2,5-7,9H2,1H3. The quantitative estimate of drug-likeness (QED) is 0.896. The van der Waals surface area contributed by atoms with Crippen molar-refractivity contribution < 1.29 is 13.6 Å². The number of benzene rings is 1. The Bertz CT molecular complexity index is 453. The highest BCUT2D eigenvalue weighted by atomic mass is 19.1. The van der Waals surface area contributed by atoms with Crippen LogP contribution in [0.3, 0.4) is 0 Å². The molecule has 0 radical (unpaired) electrons. The first kappa shape index (κ1) is 13.1. The van der Waals surface area contributed by atoms with Gasteiger partial charge in [-0.05, 0) is 31.0 Å². The smallest absolute Gasteiger partial charge is 0.144 e. The predicted molar refractivity (Wildman–Crippen MR) is 65.3 cm³/mol. The maximum atomic E-state index is 13.5. The maximum absolute atomic E-state index is 13.5. The van der Waals surface area contributed by atoms with Gasteiger partial charge in [-0.25, -0.2) is 8.78 Å². The number of piperidine rings is 1. The van der Waals surface area contributed by atoms with E-state index in [2.05, 4.69) is 5.32 Å². The Hall–Kier alpha value is -1.29. The summed E-state index contributed by atoms with van der Waals surface area (Å²) in [5.74, 6) is -1.25. The molecule has 1 fully saturated rings. The molecule has 2 nitrogen and oxygen atoms in total. The van der Waals surface area contributed by atoms with Crippen molar-refractivity contribution in [3.05, 3.63) is 35.4 Å². The molecule has 0 saturated carbocycles. The fourth-order valence-corrected chi connectivity index (χ4v) is 2.35. The minimum absolute atomic E-state index is 0.0141. The van der Waals surface area contributed by atoms with Crippen LogP contribution in [0.2, 0.25) is 0 Å². The van der Waals surface area contributed by atoms with Crippen molar-refractivity contribution in [1.82, 2.24) is 5.32 Å². The van der Waals surface area contributed by atoms with Crippen molar-refractivity contribution >= 4 is 5.78 Å². The van der Waals surface area contributed by atoms with Gasteiger partial charge in [0.05, 0.1) is 0 Å². The van der Waals surface area contributed by atoms with Gasteiger partial charge in [-0.15, -0.1) is 0 Å². The SMILES string of the molecule is CC1(C(=O)Cc2ccc(F)cc2F)CCCNC1. The average Bonchev–Trinajstić information content (AvgIpc) is 2.33. The molecule has 1 aliphatic heterocycles. The van der Waals surface area contributed by atoms with E-state index >= 15 is 0 Å². The molecule has 2 rings (SSSR count). The number of hydrogen-bond donors (Lipinski definition) is 1. The van der Waals surface area contributed by atoms with Gasteiger partial charge in [-0.2, -0.15) is 0 Å². The third-order valence-electron chi connectivity index (χ3n) is 3.64. The molecule has 1 aromatic rings. The van der Waals surface area contributed by atoms with E-state index in [1.165, 1.54) is 12.1 Å². The van der Waals surface area contributed by atoms with Crippen molar-refractivity contribution in [2.75, 3.05) is 13.1 Å². The molecule has 0 bridgehead atoms. The molecule has 4 heteroatoms. The fourth-order valence-electron chi connectivity index (χ4n) is 2.35. The summed E-state index contributed by atoms with van der Waals surface area (Å²) in [5.41, 5.74) is -0.160. The lowest BCUT2D eigenvalue weighted by molar-refractivity contribution is -0.128. The van der Waals surface area contributed by atoms with Crippen molar-refractivity contribution in [2.45, 2.75) is 26.2 Å². The van der Waals surface area contributed by atoms with Gasteiger partial charge in [0.15, 0.2) is 0 Å². The van der Waals surface area contributed by atoms with Gasteiger partial charge < -0.3 is 5.32 Å². The van der Waals surface area contributed by atoms with Crippen LogP contribution in [0, 0.1) is 17.0 Å². The van der Waals surface area contributed by atoms with Crippen LogP contribution < -0.4 is 5.32 Å². The van der Waals surface area contributed by atoms with Gasteiger partial charge in [0.1, 0.15) is 17.4 Å². The number of Topliss-reactive ketones (excluding diaryl/α,β-unsaturated/α-hetero) is 1. The summed E-state index contributed by atoms with van der Waals surface area (Å²) >= 11 is 0. The van der Waals surface area contributed by atoms with Crippen LogP contribution in [0.15, 0.2) is 18.2 Å². The first-order chi connectivity index (χ1) is 8.51. The third kappa shape index (κ3) is 2.75. The van der Waals surface area contributed by atoms with E-state index in [1.807, 2.05) is 6.92 Å². The minimum atomic E-state index is -0.643. The Morgan fingerprint density at radius 3 is 2.83 bits per heavy atom. The van der Waals surface area contributed by atoms with E-state index in [4.69, 9.17) is 0 Å². The first-order valence-corrected chi connectivity index (χ1v) is 6.19. The number of ketones is 1. The van der Waals surface area contributed by atoms with Crippen LogP contribution in [0.25, 0.3) is 0 Å². The molecule has 0 spiro atoms. The van der Waals surface area contributed by atoms with Crippen molar-refractivity contribution in [2.24, 2.45) is 5.41 Å². The zero-order valence-electron chi connectivity index (χ0n) is 10.4. The van der Waals surface area contributed by atoms with E-state index < -0.39 is 17.0 Å². The first-order valence-electron chi connectivity index (χ1n) is 6.19. The van der Waals surface area contributed by atoms with Crippen LogP contribution in [0.5, 0.6) is 0 Å². The molecule has 98 valence electrons. The molecule has 1 aromatic carbocycles. The Kier molecular flexibility index (Phi) is 3.76. The fraction of sp³-hybridized carbons (Fsp3) is 0.500. The number of halogens is 2. The third-order valence-corrected chi connectivity index (χ3v) is 3.64. The van der Waals surface area contributed by atoms with Crippen LogP contribution >= 0.6 is 0 Å². The number of carbonyl (C=O) groups excluding carboxylic acids is 1. The minimum Gasteiger partial charge on any atom is -0.316 e. The van der Waals surface area contributed by atoms with Gasteiger partial charge in [0.2, 0.25) is 0 Å². The molecule has 1 N–H and O–H groups in total. The molecule has 1 heterocycles. The Morgan fingerprint density at radius 2 is 2.22 bits per heavy atom. The molecule has 1 saturated heterocycles. The van der Waals surface area contributed by atoms with E-state index in [9.17, 15) is 13.6 Å². The lowest BCUT2D eigenvalue weighted by atomic mass is 9.77. The van der Waals surface area contributed by atoms with Crippen LogP contribution in [0.4, 0.5) is 8.78 Å². The molecular weight excluding hydrogens is 236 g/mol. The second-order valence-corrected chi connectivity index (χ2v) is 5.18. The molecule has 1 unspecified atom stereocenters. The van der Waals surface area contributed by atoms with Crippen LogP contribution in [-0.2, 0) is 11.2 Å². The van der Waals surface area contributed by atoms with E-state index in [1.54, 1.807) is 0 Å². The van der Waals surface area contributed by atoms with E-state index in [0.29, 0.717) is 6.54 Å². The molecule has 1 atom stereocenters. The Morgan fingerprint density at radius 1 is 1.44 bits per heavy atom. The summed E-state index contributed by atoms with van der Waals surface area (Å²) in [4.78, 5) is 12.2. The zero-order chi connectivity index (χ0) is 13.2. The van der Waals surface area contributed by atoms with E-state index in [0.717, 1.165) is 25.5 Å². The zero-order valence-corrected chi connectivity index (χ0v) is 10.4. The molecule has 0 aromatic heterocycles. The van der Waals surface area contributed by atoms with Crippen LogP contribution in [-0.4, -0.2) is 18.9 Å². The summed E-state index contributed by atoms with van der Waals surface area (Å²) in [5, 5.41) is 3.19. The lowest BCUT2D eigenvalue weighted by Crippen LogP contribution is -2.44. The summed E-state index contributed by atoms with van der Waals surface area (Å²) in [6.07, 6.45) is 1.81. The van der Waals surface area contributed by atoms with Crippen LogP contribution in [0.1, 0.15) is 25.3 Å². The monoisotopic (exact) mass is 253 g/mol. The summed E-state index contributed by atoms with van der Waals surface area (Å²) in [7, 11) is 0. The summed E-state index contributed by atoms with van der Waals surface area (Å²) in [6.45, 7) is 3.46. The largest absolute Gasteiger partial charge is 0.316 e. The van der Waals surface area contributed by atoms with Gasteiger partial charge in [-0.3, -0.25) is 4.79 Å². The Labute approximate surface area is 105 Å². The highest BCUT2D eigenvalue weighted by Gasteiger charge is 2.34. The normalized spacial score (nSPS) is 23.9. The van der Waals surface area contributed by atoms with Gasteiger partial charge in [0.25, 0.3) is 0 Å². The number of nitrogens with one attached hydrogen (secondary N) is 1. The average molecular weight is 253 g/mol. The van der Waals surface area contributed by atoms with Crippen molar-refractivity contribution in [3.63, 3.8) is 0 Å². The lowest BCUT2D eigenvalue weighted by Gasteiger charge is -2.32. The molecule has 18 heavy (non-hydrogen) atoms. The number of hydrogen-bond acceptors (Lipinski definition) is 2. The molecule has 1 aliphatic rings. The molecule has 0 amide bonds. The van der Waals surface area contributed by atoms with Gasteiger partial charge in [-0.1, -0.05) is 13.0 Å². The number of rotatable bonds is 3. The Balaban J connectivity index is 2.11. The number of carbonyl (C=O) groups is 1. The molecule has 0 aliphatic carbocycles. The second-order valence-electron chi connectivity index (χ2n) is 5.18. The van der Waals surface area contributed by atoms with Gasteiger partial charge >= 0.3 is 0 Å². The molecular formula is C14H17F2NO. The van der Waals surface area contributed by atoms with Crippen molar-refractivity contribution in [1.29, 1.82) is 0 Å². The highest BCUT2D eigenvalue weighted by Crippen LogP contribution is 2.28. The maximum Gasteiger partial charge on any atom is 0.144 e. The second kappa shape index (κ2) is 5.14. The topological polar surface area (TPSA) is 29.1 Å². The highest BCUT2D eigenvalue weighted by molar-refractivity contribution is 5.86. The van der Waals surface area contributed by atoms with E-state index in [-0.39, 0.29) is 17.8 Å². The summed E-state index contributed by atoms with van der Waals surface area (Å²) in [6, 6.07) is 3.36.